The van der Waals surface area contributed by atoms with E-state index in [2.05, 4.69) is 52.8 Å². The van der Waals surface area contributed by atoms with Gasteiger partial charge in [-0.25, -0.2) is 0 Å². The molecule has 1 aromatic carbocycles. The molecule has 1 aromatic rings. The number of aliphatic imine (C=N–C) groups is 1. The van der Waals surface area contributed by atoms with Gasteiger partial charge in [-0.2, -0.15) is 0 Å². The van der Waals surface area contributed by atoms with Gasteiger partial charge in [-0.3, -0.25) is 14.7 Å². The molecule has 0 aromatic heterocycles. The van der Waals surface area contributed by atoms with Gasteiger partial charge in [0, 0.05) is 32.1 Å². The van der Waals surface area contributed by atoms with Crippen LogP contribution in [-0.4, -0.2) is 67.0 Å². The van der Waals surface area contributed by atoms with Gasteiger partial charge in [0.1, 0.15) is 0 Å². The molecule has 29 heavy (non-hydrogen) atoms. The summed E-state index contributed by atoms with van der Waals surface area (Å²) >= 11 is 0. The minimum atomic E-state index is 0. The van der Waals surface area contributed by atoms with Crippen LogP contribution in [0.15, 0.2) is 35.3 Å². The molecule has 6 nitrogen and oxygen atoms in total. The summed E-state index contributed by atoms with van der Waals surface area (Å²) in [6.45, 7) is 9.49. The maximum atomic E-state index is 11.9. The molecule has 2 atom stereocenters. The van der Waals surface area contributed by atoms with Crippen LogP contribution >= 0.6 is 24.0 Å². The Morgan fingerprint density at radius 1 is 1.17 bits per heavy atom. The highest BCUT2D eigenvalue weighted by molar-refractivity contribution is 14.0. The SMILES string of the molecule is CCNC(=NCC(c1ccccc1)N1CCCC1)NC1CCN(C(=O)CC)C1.I. The predicted molar refractivity (Wildman–Crippen MR) is 130 cm³/mol. The number of likely N-dealkylation sites (tertiary alicyclic amines) is 2. The number of guanidine groups is 1. The molecule has 0 bridgehead atoms. The average Bonchev–Trinajstić information content (AvgIpc) is 3.41. The number of amides is 1. The molecule has 2 unspecified atom stereocenters. The summed E-state index contributed by atoms with van der Waals surface area (Å²) in [7, 11) is 0. The summed E-state index contributed by atoms with van der Waals surface area (Å²) in [5, 5.41) is 6.93. The van der Waals surface area contributed by atoms with E-state index < -0.39 is 0 Å². The molecule has 7 heteroatoms. The van der Waals surface area contributed by atoms with E-state index in [1.807, 2.05) is 11.8 Å². The number of carbonyl (C=O) groups excluding carboxylic acids is 1. The second kappa shape index (κ2) is 12.4. The zero-order valence-corrected chi connectivity index (χ0v) is 20.1. The zero-order chi connectivity index (χ0) is 19.8. The molecule has 0 spiro atoms. The smallest absolute Gasteiger partial charge is 0.222 e. The lowest BCUT2D eigenvalue weighted by molar-refractivity contribution is -0.129. The molecule has 3 rings (SSSR count). The maximum Gasteiger partial charge on any atom is 0.222 e. The van der Waals surface area contributed by atoms with E-state index >= 15 is 0 Å². The third-order valence-electron chi connectivity index (χ3n) is 5.72. The quantitative estimate of drug-likeness (QED) is 0.335. The average molecular weight is 513 g/mol. The fraction of sp³-hybridized carbons (Fsp3) is 0.636. The van der Waals surface area contributed by atoms with Gasteiger partial charge in [-0.1, -0.05) is 37.3 Å². The number of carbonyl (C=O) groups is 1. The molecule has 2 saturated heterocycles. The third kappa shape index (κ3) is 6.84. The van der Waals surface area contributed by atoms with Crippen LogP contribution in [0.1, 0.15) is 51.1 Å². The first kappa shape index (κ1) is 23.9. The van der Waals surface area contributed by atoms with Gasteiger partial charge in [0.05, 0.1) is 12.6 Å². The molecule has 0 aliphatic carbocycles. The minimum Gasteiger partial charge on any atom is -0.357 e. The van der Waals surface area contributed by atoms with Crippen molar-refractivity contribution >= 4 is 35.8 Å². The summed E-state index contributed by atoms with van der Waals surface area (Å²) in [6, 6.07) is 11.3. The van der Waals surface area contributed by atoms with Crippen molar-refractivity contribution in [3.63, 3.8) is 0 Å². The lowest BCUT2D eigenvalue weighted by atomic mass is 10.1. The van der Waals surface area contributed by atoms with E-state index in [1.165, 1.54) is 18.4 Å². The van der Waals surface area contributed by atoms with Crippen LogP contribution in [0.5, 0.6) is 0 Å². The summed E-state index contributed by atoms with van der Waals surface area (Å²) in [5.74, 6) is 1.10. The van der Waals surface area contributed by atoms with Crippen molar-refractivity contribution in [1.82, 2.24) is 20.4 Å². The summed E-state index contributed by atoms with van der Waals surface area (Å²) in [4.78, 5) is 21.4. The second-order valence-corrected chi connectivity index (χ2v) is 7.71. The molecular formula is C22H36IN5O. The molecule has 2 N–H and O–H groups in total. The Bertz CT molecular complexity index is 648. The molecule has 0 radical (unpaired) electrons. The molecule has 2 heterocycles. The highest BCUT2D eigenvalue weighted by atomic mass is 127. The van der Waals surface area contributed by atoms with Gasteiger partial charge in [-0.15, -0.1) is 24.0 Å². The van der Waals surface area contributed by atoms with Crippen molar-refractivity contribution in [2.24, 2.45) is 4.99 Å². The van der Waals surface area contributed by atoms with Gasteiger partial charge >= 0.3 is 0 Å². The first-order valence-electron chi connectivity index (χ1n) is 10.8. The van der Waals surface area contributed by atoms with Gasteiger partial charge in [0.25, 0.3) is 0 Å². The highest BCUT2D eigenvalue weighted by Gasteiger charge is 2.26. The van der Waals surface area contributed by atoms with Gasteiger partial charge in [0.2, 0.25) is 5.91 Å². The molecule has 2 fully saturated rings. The largest absolute Gasteiger partial charge is 0.357 e. The van der Waals surface area contributed by atoms with Crippen LogP contribution in [0.3, 0.4) is 0 Å². The summed E-state index contributed by atoms with van der Waals surface area (Å²) in [5.41, 5.74) is 1.34. The van der Waals surface area contributed by atoms with E-state index in [1.54, 1.807) is 0 Å². The van der Waals surface area contributed by atoms with Crippen LogP contribution in [-0.2, 0) is 4.79 Å². The first-order valence-corrected chi connectivity index (χ1v) is 10.8. The van der Waals surface area contributed by atoms with E-state index in [4.69, 9.17) is 4.99 Å². The van der Waals surface area contributed by atoms with E-state index in [0.29, 0.717) is 12.5 Å². The lowest BCUT2D eigenvalue weighted by Crippen LogP contribution is -2.45. The molecule has 162 valence electrons. The number of nitrogens with zero attached hydrogens (tertiary/aromatic N) is 3. The Hall–Kier alpha value is -1.35. The predicted octanol–water partition coefficient (Wildman–Crippen LogP) is 3.01. The summed E-state index contributed by atoms with van der Waals surface area (Å²) in [6.07, 6.45) is 4.10. The molecule has 0 saturated carbocycles. The summed E-state index contributed by atoms with van der Waals surface area (Å²) < 4.78 is 0. The molecule has 2 aliphatic rings. The lowest BCUT2D eigenvalue weighted by Gasteiger charge is -2.27. The van der Waals surface area contributed by atoms with Crippen LogP contribution in [0.2, 0.25) is 0 Å². The number of nitrogens with one attached hydrogen (secondary N) is 2. The van der Waals surface area contributed by atoms with E-state index in [-0.39, 0.29) is 35.9 Å². The Morgan fingerprint density at radius 2 is 1.90 bits per heavy atom. The zero-order valence-electron chi connectivity index (χ0n) is 17.8. The maximum absolute atomic E-state index is 11.9. The third-order valence-corrected chi connectivity index (χ3v) is 5.72. The van der Waals surface area contributed by atoms with Crippen LogP contribution in [0.4, 0.5) is 0 Å². The topological polar surface area (TPSA) is 60.0 Å². The fourth-order valence-electron chi connectivity index (χ4n) is 4.18. The second-order valence-electron chi connectivity index (χ2n) is 7.71. The Kier molecular flexibility index (Phi) is 10.2. The van der Waals surface area contributed by atoms with Crippen LogP contribution < -0.4 is 10.6 Å². The van der Waals surface area contributed by atoms with Crippen molar-refractivity contribution < 1.29 is 4.79 Å². The van der Waals surface area contributed by atoms with Gasteiger partial charge in [0.15, 0.2) is 5.96 Å². The number of hydrogen-bond acceptors (Lipinski definition) is 3. The number of hydrogen-bond donors (Lipinski definition) is 2. The normalized spacial score (nSPS) is 21.0. The molecule has 1 amide bonds. The number of halogens is 1. The van der Waals surface area contributed by atoms with Crippen molar-refractivity contribution in [3.05, 3.63) is 35.9 Å². The van der Waals surface area contributed by atoms with Crippen molar-refractivity contribution in [2.75, 3.05) is 39.3 Å². The Morgan fingerprint density at radius 3 is 2.55 bits per heavy atom. The first-order chi connectivity index (χ1) is 13.7. The Balaban J connectivity index is 0.00000300. The molecular weight excluding hydrogens is 477 g/mol. The number of benzene rings is 1. The molecule has 2 aliphatic heterocycles. The van der Waals surface area contributed by atoms with Crippen LogP contribution in [0, 0.1) is 0 Å². The highest BCUT2D eigenvalue weighted by Crippen LogP contribution is 2.25. The number of rotatable bonds is 7. The van der Waals surface area contributed by atoms with Gasteiger partial charge in [-0.05, 0) is 44.8 Å². The van der Waals surface area contributed by atoms with Crippen molar-refractivity contribution in [3.8, 4) is 0 Å². The Labute approximate surface area is 192 Å². The van der Waals surface area contributed by atoms with E-state index in [9.17, 15) is 4.79 Å². The minimum absolute atomic E-state index is 0. The standard InChI is InChI=1S/C22H35N5O.HI/c1-3-21(28)27-15-12-19(17-27)25-22(23-4-2)24-16-20(26-13-8-9-14-26)18-10-6-5-7-11-18;/h5-7,10-11,19-20H,3-4,8-9,12-17H2,1-2H3,(H2,23,24,25);1H. The monoisotopic (exact) mass is 513 g/mol. The van der Waals surface area contributed by atoms with Gasteiger partial charge < -0.3 is 15.5 Å². The van der Waals surface area contributed by atoms with Crippen LogP contribution in [0.25, 0.3) is 0 Å². The van der Waals surface area contributed by atoms with E-state index in [0.717, 1.165) is 51.6 Å². The van der Waals surface area contributed by atoms with Crippen molar-refractivity contribution in [1.29, 1.82) is 0 Å². The fourth-order valence-corrected chi connectivity index (χ4v) is 4.18. The van der Waals surface area contributed by atoms with Crippen molar-refractivity contribution in [2.45, 2.75) is 51.6 Å².